The summed E-state index contributed by atoms with van der Waals surface area (Å²) in [5.41, 5.74) is 0. The third-order valence-corrected chi connectivity index (χ3v) is 2.72. The van der Waals surface area contributed by atoms with E-state index in [1.807, 2.05) is 20.8 Å². The lowest BCUT2D eigenvalue weighted by Gasteiger charge is -2.06. The van der Waals surface area contributed by atoms with E-state index in [9.17, 15) is 4.79 Å². The fourth-order valence-corrected chi connectivity index (χ4v) is 1.57. The van der Waals surface area contributed by atoms with E-state index in [0.29, 0.717) is 11.0 Å². The minimum atomic E-state index is 0.0633. The predicted molar refractivity (Wildman–Crippen MR) is 56.3 cm³/mol. The van der Waals surface area contributed by atoms with E-state index in [1.165, 1.54) is 0 Å². The number of ether oxygens (including phenoxy) is 1. The van der Waals surface area contributed by atoms with Crippen molar-refractivity contribution in [2.75, 3.05) is 6.61 Å². The fraction of sp³-hybridized carbons (Fsp3) is 0.750. The highest BCUT2D eigenvalue weighted by atomic mass is 32.2. The van der Waals surface area contributed by atoms with Crippen molar-refractivity contribution in [1.82, 2.24) is 0 Å². The molecule has 12 heavy (non-hydrogen) atoms. The average molecular weight is 206 g/mol. The van der Waals surface area contributed by atoms with Crippen molar-refractivity contribution in [1.29, 1.82) is 0 Å². The first-order valence-corrected chi connectivity index (χ1v) is 5.22. The summed E-state index contributed by atoms with van der Waals surface area (Å²) in [5.74, 6) is 0.0633. The molecule has 0 aliphatic rings. The first-order chi connectivity index (χ1) is 5.61. The molecule has 0 amide bonds. The molecular formula is C8H14O2S2. The summed E-state index contributed by atoms with van der Waals surface area (Å²) in [6.07, 6.45) is 0.848. The van der Waals surface area contributed by atoms with Gasteiger partial charge in [-0.2, -0.15) is 0 Å². The molecule has 0 fully saturated rings. The van der Waals surface area contributed by atoms with Gasteiger partial charge < -0.3 is 4.74 Å². The Morgan fingerprint density at radius 2 is 2.17 bits per heavy atom. The van der Waals surface area contributed by atoms with E-state index in [0.717, 1.165) is 18.2 Å². The van der Waals surface area contributed by atoms with Crippen LogP contribution in [0.15, 0.2) is 0 Å². The molecule has 0 N–H and O–H groups in total. The van der Waals surface area contributed by atoms with Crippen LogP contribution in [0.25, 0.3) is 0 Å². The number of carbonyl (C=O) groups is 1. The molecular weight excluding hydrogens is 192 g/mol. The van der Waals surface area contributed by atoms with Crippen LogP contribution >= 0.6 is 24.0 Å². The van der Waals surface area contributed by atoms with Crippen LogP contribution in [0.2, 0.25) is 0 Å². The Morgan fingerprint density at radius 3 is 2.58 bits per heavy atom. The van der Waals surface area contributed by atoms with Gasteiger partial charge in [-0.25, -0.2) is 0 Å². The molecule has 0 aromatic heterocycles. The minimum Gasteiger partial charge on any atom is -0.479 e. The molecule has 70 valence electrons. The number of rotatable bonds is 3. The summed E-state index contributed by atoms with van der Waals surface area (Å²) >= 11 is 5.84. The summed E-state index contributed by atoms with van der Waals surface area (Å²) < 4.78 is 5.32. The predicted octanol–water partition coefficient (Wildman–Crippen LogP) is 2.61. The Balaban J connectivity index is 3.76. The number of hydrogen-bond acceptors (Lipinski definition) is 4. The molecule has 0 saturated heterocycles. The first-order valence-electron chi connectivity index (χ1n) is 4.00. The lowest BCUT2D eigenvalue weighted by atomic mass is 10.1. The second-order valence-electron chi connectivity index (χ2n) is 2.41. The maximum atomic E-state index is 11.3. The van der Waals surface area contributed by atoms with Gasteiger partial charge in [-0.1, -0.05) is 13.8 Å². The van der Waals surface area contributed by atoms with Crippen molar-refractivity contribution in [3.63, 3.8) is 0 Å². The monoisotopic (exact) mass is 206 g/mol. The summed E-state index contributed by atoms with van der Waals surface area (Å²) in [6, 6.07) is 0. The van der Waals surface area contributed by atoms with Gasteiger partial charge in [0.1, 0.15) is 0 Å². The molecule has 0 aliphatic carbocycles. The highest BCUT2D eigenvalue weighted by Crippen LogP contribution is 2.16. The van der Waals surface area contributed by atoms with Gasteiger partial charge in [0.25, 0.3) is 0 Å². The standard InChI is InChI=1S/C8H14O2S2/c1-4-6(3)7(9)12-8(11)10-5-2/h6H,4-5H2,1-3H3. The van der Waals surface area contributed by atoms with E-state index in [1.54, 1.807) is 0 Å². The van der Waals surface area contributed by atoms with Gasteiger partial charge in [0, 0.05) is 5.92 Å². The third kappa shape index (κ3) is 4.72. The maximum Gasteiger partial charge on any atom is 0.227 e. The number of thiocarbonyl (C=S) groups is 1. The van der Waals surface area contributed by atoms with Crippen molar-refractivity contribution in [2.24, 2.45) is 5.92 Å². The number of thioether (sulfide) groups is 1. The Kier molecular flexibility index (Phi) is 6.38. The molecule has 0 aromatic rings. The van der Waals surface area contributed by atoms with E-state index in [4.69, 9.17) is 17.0 Å². The zero-order valence-corrected chi connectivity index (χ0v) is 9.26. The van der Waals surface area contributed by atoms with Gasteiger partial charge in [-0.05, 0) is 37.3 Å². The number of carbonyl (C=O) groups excluding carboxylic acids is 1. The second kappa shape index (κ2) is 6.43. The SMILES string of the molecule is CCOC(=S)SC(=O)C(C)CC. The van der Waals surface area contributed by atoms with Crippen LogP contribution in [0.1, 0.15) is 27.2 Å². The van der Waals surface area contributed by atoms with Crippen molar-refractivity contribution in [3.8, 4) is 0 Å². The topological polar surface area (TPSA) is 26.3 Å². The van der Waals surface area contributed by atoms with Crippen LogP contribution in [-0.2, 0) is 9.53 Å². The Morgan fingerprint density at radius 1 is 1.58 bits per heavy atom. The zero-order chi connectivity index (χ0) is 9.56. The van der Waals surface area contributed by atoms with E-state index < -0.39 is 0 Å². The normalized spacial score (nSPS) is 12.2. The summed E-state index contributed by atoms with van der Waals surface area (Å²) in [7, 11) is 0. The molecule has 0 saturated carbocycles. The van der Waals surface area contributed by atoms with Gasteiger partial charge >= 0.3 is 0 Å². The fourth-order valence-electron chi connectivity index (χ4n) is 0.497. The van der Waals surface area contributed by atoms with E-state index in [2.05, 4.69) is 0 Å². The van der Waals surface area contributed by atoms with Crippen LogP contribution in [-0.4, -0.2) is 16.1 Å². The molecule has 0 rings (SSSR count). The Hall–Kier alpha value is -0.0900. The summed E-state index contributed by atoms with van der Waals surface area (Å²) in [4.78, 5) is 11.3. The molecule has 0 bridgehead atoms. The van der Waals surface area contributed by atoms with Gasteiger partial charge in [0.05, 0.1) is 6.61 Å². The lowest BCUT2D eigenvalue weighted by molar-refractivity contribution is -0.113. The summed E-state index contributed by atoms with van der Waals surface area (Å²) in [6.45, 7) is 6.25. The van der Waals surface area contributed by atoms with Crippen molar-refractivity contribution < 1.29 is 9.53 Å². The van der Waals surface area contributed by atoms with Gasteiger partial charge in [-0.3, -0.25) is 4.79 Å². The molecule has 1 unspecified atom stereocenters. The maximum absolute atomic E-state index is 11.3. The lowest BCUT2D eigenvalue weighted by Crippen LogP contribution is -2.09. The Labute approximate surface area is 83.1 Å². The highest BCUT2D eigenvalue weighted by Gasteiger charge is 2.14. The van der Waals surface area contributed by atoms with Gasteiger partial charge in [0.2, 0.25) is 4.38 Å². The smallest absolute Gasteiger partial charge is 0.227 e. The molecule has 0 aromatic carbocycles. The van der Waals surface area contributed by atoms with Crippen molar-refractivity contribution >= 4 is 33.5 Å². The van der Waals surface area contributed by atoms with Gasteiger partial charge in [-0.15, -0.1) is 0 Å². The van der Waals surface area contributed by atoms with E-state index in [-0.39, 0.29) is 11.0 Å². The highest BCUT2D eigenvalue weighted by molar-refractivity contribution is 8.32. The quantitative estimate of drug-likeness (QED) is 0.663. The molecule has 0 radical (unpaired) electrons. The van der Waals surface area contributed by atoms with Crippen LogP contribution in [0.3, 0.4) is 0 Å². The minimum absolute atomic E-state index is 0.0633. The van der Waals surface area contributed by atoms with E-state index >= 15 is 0 Å². The third-order valence-electron chi connectivity index (χ3n) is 1.46. The van der Waals surface area contributed by atoms with Crippen molar-refractivity contribution in [2.45, 2.75) is 27.2 Å². The Bertz CT molecular complexity index is 168. The molecule has 0 aliphatic heterocycles. The molecule has 0 spiro atoms. The van der Waals surface area contributed by atoms with Crippen LogP contribution < -0.4 is 0 Å². The first kappa shape index (κ1) is 11.9. The second-order valence-corrected chi connectivity index (χ2v) is 4.02. The van der Waals surface area contributed by atoms with Crippen LogP contribution in [0.4, 0.5) is 0 Å². The van der Waals surface area contributed by atoms with Crippen LogP contribution in [0, 0.1) is 5.92 Å². The van der Waals surface area contributed by atoms with Crippen molar-refractivity contribution in [3.05, 3.63) is 0 Å². The number of hydrogen-bond donors (Lipinski definition) is 0. The average Bonchev–Trinajstić information content (AvgIpc) is 2.03. The molecule has 2 nitrogen and oxygen atoms in total. The van der Waals surface area contributed by atoms with Gasteiger partial charge in [0.15, 0.2) is 5.12 Å². The molecule has 1 atom stereocenters. The van der Waals surface area contributed by atoms with Crippen LogP contribution in [0.5, 0.6) is 0 Å². The summed E-state index contributed by atoms with van der Waals surface area (Å²) in [5, 5.41) is 0.0935. The largest absolute Gasteiger partial charge is 0.479 e. The molecule has 4 heteroatoms. The zero-order valence-electron chi connectivity index (χ0n) is 7.62. The molecule has 0 heterocycles.